The van der Waals surface area contributed by atoms with Gasteiger partial charge >= 0.3 is 0 Å². The fourth-order valence-corrected chi connectivity index (χ4v) is 2.41. The summed E-state index contributed by atoms with van der Waals surface area (Å²) >= 11 is 0. The van der Waals surface area contributed by atoms with Crippen molar-refractivity contribution < 1.29 is 4.79 Å². The Morgan fingerprint density at radius 1 is 1.33 bits per heavy atom. The highest BCUT2D eigenvalue weighted by Crippen LogP contribution is 2.23. The van der Waals surface area contributed by atoms with Crippen molar-refractivity contribution in [3.05, 3.63) is 35.0 Å². The fourth-order valence-electron chi connectivity index (χ4n) is 2.41. The van der Waals surface area contributed by atoms with Gasteiger partial charge in [0, 0.05) is 22.2 Å². The van der Waals surface area contributed by atoms with E-state index in [0.717, 1.165) is 47.2 Å². The number of fused-ring (bicyclic) bond motifs is 1. The van der Waals surface area contributed by atoms with E-state index in [1.807, 2.05) is 6.07 Å². The van der Waals surface area contributed by atoms with E-state index in [9.17, 15) is 4.79 Å². The Balaban J connectivity index is 2.29. The first-order valence-electron chi connectivity index (χ1n) is 6.68. The average Bonchev–Trinajstić information content (AvgIpc) is 2.65. The molecule has 0 saturated carbocycles. The Bertz CT molecular complexity index is 551. The van der Waals surface area contributed by atoms with Crippen LogP contribution < -0.4 is 0 Å². The predicted octanol–water partition coefficient (Wildman–Crippen LogP) is 4.27. The van der Waals surface area contributed by atoms with E-state index in [2.05, 4.69) is 37.9 Å². The molecule has 1 aromatic carbocycles. The molecule has 0 atom stereocenters. The van der Waals surface area contributed by atoms with Gasteiger partial charge in [0.1, 0.15) is 0 Å². The van der Waals surface area contributed by atoms with Crippen LogP contribution in [-0.4, -0.2) is 11.3 Å². The fraction of sp³-hybridized carbons (Fsp3) is 0.438. The molecule has 0 radical (unpaired) electrons. The second kappa shape index (κ2) is 5.38. The molecule has 2 aromatic rings. The van der Waals surface area contributed by atoms with E-state index in [1.54, 1.807) is 0 Å². The maximum absolute atomic E-state index is 11.3. The number of rotatable bonds is 5. The molecular weight excluding hydrogens is 222 g/mol. The molecule has 0 aliphatic rings. The van der Waals surface area contributed by atoms with Crippen LogP contribution in [0.4, 0.5) is 0 Å². The van der Waals surface area contributed by atoms with Gasteiger partial charge in [0.05, 0.1) is 0 Å². The zero-order valence-electron chi connectivity index (χ0n) is 11.4. The molecule has 2 rings (SSSR count). The maximum atomic E-state index is 11.3. The van der Waals surface area contributed by atoms with Gasteiger partial charge in [0.2, 0.25) is 0 Å². The van der Waals surface area contributed by atoms with Crippen molar-refractivity contribution in [2.75, 3.05) is 0 Å². The van der Waals surface area contributed by atoms with Gasteiger partial charge in [-0.15, -0.1) is 0 Å². The zero-order chi connectivity index (χ0) is 13.1. The Morgan fingerprint density at radius 2 is 2.11 bits per heavy atom. The lowest BCUT2D eigenvalue weighted by molar-refractivity contribution is 0.112. The third kappa shape index (κ3) is 2.63. The minimum atomic E-state index is 0.719. The SMILES string of the molecule is Cc1ccc2c(C=O)c(CCCC(C)C)[nH]c2c1. The van der Waals surface area contributed by atoms with Gasteiger partial charge in [-0.05, 0) is 37.3 Å². The first-order chi connectivity index (χ1) is 8.61. The van der Waals surface area contributed by atoms with E-state index in [4.69, 9.17) is 0 Å². The Kier molecular flexibility index (Phi) is 3.85. The number of carbonyl (C=O) groups is 1. The summed E-state index contributed by atoms with van der Waals surface area (Å²) < 4.78 is 0. The molecule has 2 nitrogen and oxygen atoms in total. The normalized spacial score (nSPS) is 11.3. The topological polar surface area (TPSA) is 32.9 Å². The van der Waals surface area contributed by atoms with Gasteiger partial charge in [0.25, 0.3) is 0 Å². The minimum Gasteiger partial charge on any atom is -0.358 e. The molecule has 0 amide bonds. The van der Waals surface area contributed by atoms with Crippen LogP contribution >= 0.6 is 0 Å². The smallest absolute Gasteiger partial charge is 0.152 e. The third-order valence-electron chi connectivity index (χ3n) is 3.40. The second-order valence-corrected chi connectivity index (χ2v) is 5.47. The lowest BCUT2D eigenvalue weighted by Gasteiger charge is -2.03. The molecular formula is C16H21NO. The number of carbonyl (C=O) groups excluding carboxylic acids is 1. The summed E-state index contributed by atoms with van der Waals surface area (Å²) in [6, 6.07) is 6.20. The van der Waals surface area contributed by atoms with Crippen LogP contribution in [0.25, 0.3) is 10.9 Å². The molecule has 0 aliphatic heterocycles. The molecule has 0 aliphatic carbocycles. The number of hydrogen-bond donors (Lipinski definition) is 1. The summed E-state index contributed by atoms with van der Waals surface area (Å²) in [7, 11) is 0. The van der Waals surface area contributed by atoms with Gasteiger partial charge in [-0.2, -0.15) is 0 Å². The average molecular weight is 243 g/mol. The highest BCUT2D eigenvalue weighted by molar-refractivity contribution is 5.99. The Labute approximate surface area is 108 Å². The van der Waals surface area contributed by atoms with Crippen LogP contribution in [0.1, 0.15) is 48.3 Å². The molecule has 0 unspecified atom stereocenters. The van der Waals surface area contributed by atoms with E-state index < -0.39 is 0 Å². The van der Waals surface area contributed by atoms with Crippen LogP contribution in [0.5, 0.6) is 0 Å². The highest BCUT2D eigenvalue weighted by atomic mass is 16.1. The molecule has 1 heterocycles. The quantitative estimate of drug-likeness (QED) is 0.782. The minimum absolute atomic E-state index is 0.719. The van der Waals surface area contributed by atoms with Crippen LogP contribution in [-0.2, 0) is 6.42 Å². The van der Waals surface area contributed by atoms with Crippen molar-refractivity contribution in [3.63, 3.8) is 0 Å². The molecule has 1 N–H and O–H groups in total. The number of aryl methyl sites for hydroxylation is 2. The number of benzene rings is 1. The molecule has 96 valence electrons. The highest BCUT2D eigenvalue weighted by Gasteiger charge is 2.10. The summed E-state index contributed by atoms with van der Waals surface area (Å²) in [6.07, 6.45) is 4.27. The van der Waals surface area contributed by atoms with Crippen LogP contribution in [0, 0.1) is 12.8 Å². The summed E-state index contributed by atoms with van der Waals surface area (Å²) in [5.41, 5.74) is 4.23. The van der Waals surface area contributed by atoms with Crippen molar-refractivity contribution >= 4 is 17.2 Å². The van der Waals surface area contributed by atoms with Gasteiger partial charge in [-0.3, -0.25) is 4.79 Å². The zero-order valence-corrected chi connectivity index (χ0v) is 11.4. The third-order valence-corrected chi connectivity index (χ3v) is 3.40. The lowest BCUT2D eigenvalue weighted by atomic mass is 10.0. The number of aromatic amines is 1. The van der Waals surface area contributed by atoms with Crippen LogP contribution in [0.2, 0.25) is 0 Å². The molecule has 0 saturated heterocycles. The van der Waals surface area contributed by atoms with Crippen molar-refractivity contribution in [3.8, 4) is 0 Å². The number of hydrogen-bond acceptors (Lipinski definition) is 1. The van der Waals surface area contributed by atoms with Gasteiger partial charge in [-0.1, -0.05) is 32.4 Å². The lowest BCUT2D eigenvalue weighted by Crippen LogP contribution is -1.94. The number of H-pyrrole nitrogens is 1. The standard InChI is InChI=1S/C16H21NO/c1-11(2)5-4-6-15-14(10-18)13-8-7-12(3)9-16(13)17-15/h7-11,17H,4-6H2,1-3H3. The van der Waals surface area contributed by atoms with Crippen LogP contribution in [0.3, 0.4) is 0 Å². The van der Waals surface area contributed by atoms with E-state index in [1.165, 1.54) is 12.0 Å². The summed E-state index contributed by atoms with van der Waals surface area (Å²) in [4.78, 5) is 14.7. The van der Waals surface area contributed by atoms with Crippen molar-refractivity contribution in [2.24, 2.45) is 5.92 Å². The van der Waals surface area contributed by atoms with Crippen molar-refractivity contribution in [2.45, 2.75) is 40.0 Å². The maximum Gasteiger partial charge on any atom is 0.152 e. The Hall–Kier alpha value is -1.57. The molecule has 18 heavy (non-hydrogen) atoms. The molecule has 0 fully saturated rings. The molecule has 0 bridgehead atoms. The number of nitrogens with one attached hydrogen (secondary N) is 1. The van der Waals surface area contributed by atoms with Crippen LogP contribution in [0.15, 0.2) is 18.2 Å². The first kappa shape index (κ1) is 12.9. The van der Waals surface area contributed by atoms with Crippen molar-refractivity contribution in [1.29, 1.82) is 0 Å². The van der Waals surface area contributed by atoms with Gasteiger partial charge in [-0.25, -0.2) is 0 Å². The first-order valence-corrected chi connectivity index (χ1v) is 6.68. The van der Waals surface area contributed by atoms with Gasteiger partial charge in [0.15, 0.2) is 6.29 Å². The Morgan fingerprint density at radius 3 is 2.78 bits per heavy atom. The summed E-state index contributed by atoms with van der Waals surface area (Å²) in [6.45, 7) is 6.53. The number of aromatic nitrogens is 1. The summed E-state index contributed by atoms with van der Waals surface area (Å²) in [5, 5.41) is 1.05. The monoisotopic (exact) mass is 243 g/mol. The van der Waals surface area contributed by atoms with E-state index in [-0.39, 0.29) is 0 Å². The molecule has 0 spiro atoms. The molecule has 2 heteroatoms. The second-order valence-electron chi connectivity index (χ2n) is 5.47. The number of aldehydes is 1. The van der Waals surface area contributed by atoms with E-state index >= 15 is 0 Å². The largest absolute Gasteiger partial charge is 0.358 e. The molecule has 1 aromatic heterocycles. The summed E-state index contributed by atoms with van der Waals surface area (Å²) in [5.74, 6) is 0.719. The predicted molar refractivity (Wildman–Crippen MR) is 76.2 cm³/mol. The van der Waals surface area contributed by atoms with Gasteiger partial charge < -0.3 is 4.98 Å². The van der Waals surface area contributed by atoms with E-state index in [0.29, 0.717) is 0 Å². The van der Waals surface area contributed by atoms with Crippen molar-refractivity contribution in [1.82, 2.24) is 4.98 Å².